The van der Waals surface area contributed by atoms with Crippen molar-refractivity contribution in [3.8, 4) is 0 Å². The van der Waals surface area contributed by atoms with Crippen molar-refractivity contribution in [2.24, 2.45) is 0 Å². The van der Waals surface area contributed by atoms with Gasteiger partial charge in [-0.1, -0.05) is 25.6 Å². The van der Waals surface area contributed by atoms with Crippen LogP contribution >= 0.6 is 23.1 Å². The van der Waals surface area contributed by atoms with Gasteiger partial charge in [0.1, 0.15) is 10.6 Å². The molecule has 1 N–H and O–H groups in total. The molecule has 0 spiro atoms. The number of hydrogen-bond donors (Lipinski definition) is 1. The van der Waals surface area contributed by atoms with Crippen molar-refractivity contribution < 1.29 is 4.74 Å². The van der Waals surface area contributed by atoms with Gasteiger partial charge in [-0.2, -0.15) is 0 Å². The number of methoxy groups -OCH3 is 1. The number of fused-ring (bicyclic) bond motifs is 5. The fourth-order valence-electron chi connectivity index (χ4n) is 3.89. The first-order chi connectivity index (χ1) is 13.1. The summed E-state index contributed by atoms with van der Waals surface area (Å²) >= 11 is 3.32. The quantitative estimate of drug-likeness (QED) is 0.340. The minimum absolute atomic E-state index is 0.450. The number of aryl methyl sites for hydroxylation is 1. The van der Waals surface area contributed by atoms with Crippen LogP contribution in [0.4, 0.5) is 5.82 Å². The summed E-state index contributed by atoms with van der Waals surface area (Å²) in [7, 11) is 1.74. The largest absolute Gasteiger partial charge is 0.385 e. The number of ether oxygens (including phenoxy) is 1. The Kier molecular flexibility index (Phi) is 5.53. The molecule has 0 saturated carbocycles. The van der Waals surface area contributed by atoms with E-state index in [2.05, 4.69) is 19.2 Å². The van der Waals surface area contributed by atoms with E-state index in [1.54, 1.807) is 30.2 Å². The van der Waals surface area contributed by atoms with Crippen LogP contribution in [0.1, 0.15) is 49.4 Å². The summed E-state index contributed by atoms with van der Waals surface area (Å²) in [6.45, 7) is 6.07. The summed E-state index contributed by atoms with van der Waals surface area (Å²) in [6.07, 6.45) is 6.48. The highest BCUT2D eigenvalue weighted by molar-refractivity contribution is 7.98. The number of anilines is 1. The highest BCUT2D eigenvalue weighted by atomic mass is 32.2. The van der Waals surface area contributed by atoms with Gasteiger partial charge in [-0.05, 0) is 49.0 Å². The molecule has 0 saturated heterocycles. The molecule has 27 heavy (non-hydrogen) atoms. The average Bonchev–Trinajstić information content (AvgIpc) is 3.28. The Labute approximate surface area is 168 Å². The molecule has 144 valence electrons. The Morgan fingerprint density at radius 2 is 2.00 bits per heavy atom. The van der Waals surface area contributed by atoms with E-state index in [0.29, 0.717) is 5.92 Å². The van der Waals surface area contributed by atoms with Crippen LogP contribution < -0.4 is 5.32 Å². The minimum Gasteiger partial charge on any atom is -0.385 e. The van der Waals surface area contributed by atoms with E-state index in [0.717, 1.165) is 58.4 Å². The van der Waals surface area contributed by atoms with Crippen molar-refractivity contribution in [1.29, 1.82) is 0 Å². The van der Waals surface area contributed by atoms with Crippen molar-refractivity contribution in [2.45, 2.75) is 50.6 Å². The number of pyridine rings is 1. The van der Waals surface area contributed by atoms with Crippen molar-refractivity contribution in [3.63, 3.8) is 0 Å². The van der Waals surface area contributed by atoms with Crippen molar-refractivity contribution in [2.75, 3.05) is 31.8 Å². The van der Waals surface area contributed by atoms with E-state index in [4.69, 9.17) is 19.7 Å². The first-order valence-corrected chi connectivity index (χ1v) is 11.6. The lowest BCUT2D eigenvalue weighted by atomic mass is 9.99. The van der Waals surface area contributed by atoms with Gasteiger partial charge in [-0.3, -0.25) is 0 Å². The first kappa shape index (κ1) is 18.9. The summed E-state index contributed by atoms with van der Waals surface area (Å²) in [6, 6.07) is 0. The number of hydrogen-bond acceptors (Lipinski definition) is 7. The Bertz CT molecular complexity index is 983. The molecule has 3 heterocycles. The Hall–Kier alpha value is -1.44. The molecule has 5 nitrogen and oxygen atoms in total. The Balaban J connectivity index is 1.90. The SMILES string of the molecule is COCCCNc1nc(SC)nc2c1sc1nc(C(C)C)c3c(c12)CCC3. The first-order valence-electron chi connectivity index (χ1n) is 9.56. The van der Waals surface area contributed by atoms with Gasteiger partial charge in [-0.15, -0.1) is 11.3 Å². The summed E-state index contributed by atoms with van der Waals surface area (Å²) in [5.41, 5.74) is 5.29. The Morgan fingerprint density at radius 1 is 1.19 bits per heavy atom. The van der Waals surface area contributed by atoms with Crippen LogP contribution in [0.25, 0.3) is 20.4 Å². The lowest BCUT2D eigenvalue weighted by Crippen LogP contribution is -2.07. The molecule has 0 aliphatic heterocycles. The summed E-state index contributed by atoms with van der Waals surface area (Å²) < 4.78 is 6.29. The van der Waals surface area contributed by atoms with E-state index < -0.39 is 0 Å². The average molecular weight is 403 g/mol. The smallest absolute Gasteiger partial charge is 0.189 e. The fourth-order valence-corrected chi connectivity index (χ4v) is 5.37. The van der Waals surface area contributed by atoms with E-state index in [1.165, 1.54) is 28.6 Å². The number of rotatable bonds is 7. The number of nitrogens with one attached hydrogen (secondary N) is 1. The molecule has 0 radical (unpaired) electrons. The third-order valence-corrected chi connectivity index (χ3v) is 6.72. The summed E-state index contributed by atoms with van der Waals surface area (Å²) in [4.78, 5) is 15.8. The monoisotopic (exact) mass is 402 g/mol. The topological polar surface area (TPSA) is 59.9 Å². The summed E-state index contributed by atoms with van der Waals surface area (Å²) in [5, 5.41) is 5.59. The second-order valence-corrected chi connectivity index (χ2v) is 9.03. The molecule has 4 rings (SSSR count). The van der Waals surface area contributed by atoms with Crippen LogP contribution in [0.2, 0.25) is 0 Å². The van der Waals surface area contributed by atoms with Gasteiger partial charge in [0.2, 0.25) is 0 Å². The third-order valence-electron chi connectivity index (χ3n) is 5.09. The van der Waals surface area contributed by atoms with Crippen LogP contribution in [0.5, 0.6) is 0 Å². The normalized spacial score (nSPS) is 13.8. The maximum Gasteiger partial charge on any atom is 0.189 e. The second kappa shape index (κ2) is 7.89. The predicted molar refractivity (Wildman–Crippen MR) is 116 cm³/mol. The molecule has 1 aliphatic rings. The number of thiophene rings is 1. The van der Waals surface area contributed by atoms with Gasteiger partial charge in [0.15, 0.2) is 5.16 Å². The lowest BCUT2D eigenvalue weighted by molar-refractivity contribution is 0.198. The molecule has 0 amide bonds. The predicted octanol–water partition coefficient (Wildman–Crippen LogP) is 5.02. The second-order valence-electron chi connectivity index (χ2n) is 7.25. The molecule has 1 aliphatic carbocycles. The molecule has 0 atom stereocenters. The molecular weight excluding hydrogens is 376 g/mol. The molecule has 0 fully saturated rings. The molecule has 3 aromatic heterocycles. The summed E-state index contributed by atoms with van der Waals surface area (Å²) in [5.74, 6) is 1.38. The standard InChI is InChI=1S/C20H26N4OS2/c1-11(2)15-13-8-5-7-12(13)14-16-17(27-19(14)22-15)18(21-9-6-10-25-3)24-20(23-16)26-4/h11H,5-10H2,1-4H3,(H,21,23,24). The van der Waals surface area contributed by atoms with Crippen molar-refractivity contribution in [3.05, 3.63) is 16.8 Å². The maximum atomic E-state index is 5.16. The molecule has 0 unspecified atom stereocenters. The van der Waals surface area contributed by atoms with Crippen LogP contribution in [0.3, 0.4) is 0 Å². The van der Waals surface area contributed by atoms with Crippen LogP contribution in [0.15, 0.2) is 5.16 Å². The highest BCUT2D eigenvalue weighted by Gasteiger charge is 2.25. The van der Waals surface area contributed by atoms with Crippen molar-refractivity contribution in [1.82, 2.24) is 15.0 Å². The van der Waals surface area contributed by atoms with Gasteiger partial charge in [0.25, 0.3) is 0 Å². The lowest BCUT2D eigenvalue weighted by Gasteiger charge is -2.12. The molecule has 7 heteroatoms. The van der Waals surface area contributed by atoms with Gasteiger partial charge >= 0.3 is 0 Å². The van der Waals surface area contributed by atoms with Gasteiger partial charge in [0.05, 0.1) is 10.2 Å². The van der Waals surface area contributed by atoms with Crippen molar-refractivity contribution >= 4 is 49.3 Å². The Morgan fingerprint density at radius 3 is 2.74 bits per heavy atom. The van der Waals surface area contributed by atoms with E-state index in [-0.39, 0.29) is 0 Å². The molecule has 0 bridgehead atoms. The van der Waals surface area contributed by atoms with Gasteiger partial charge < -0.3 is 10.1 Å². The van der Waals surface area contributed by atoms with E-state index >= 15 is 0 Å². The zero-order chi connectivity index (χ0) is 19.0. The fraction of sp³-hybridized carbons (Fsp3) is 0.550. The number of nitrogens with zero attached hydrogens (tertiary/aromatic N) is 3. The molecule has 3 aromatic rings. The number of thioether (sulfide) groups is 1. The van der Waals surface area contributed by atoms with Crippen LogP contribution in [0, 0.1) is 0 Å². The molecular formula is C20H26N4OS2. The minimum atomic E-state index is 0.450. The van der Waals surface area contributed by atoms with Crippen LogP contribution in [-0.2, 0) is 17.6 Å². The number of aromatic nitrogens is 3. The highest BCUT2D eigenvalue weighted by Crippen LogP contribution is 2.43. The third kappa shape index (κ3) is 3.41. The van der Waals surface area contributed by atoms with E-state index in [9.17, 15) is 0 Å². The van der Waals surface area contributed by atoms with Gasteiger partial charge in [0, 0.05) is 31.3 Å². The van der Waals surface area contributed by atoms with Crippen LogP contribution in [-0.4, -0.2) is 41.5 Å². The zero-order valence-corrected chi connectivity index (χ0v) is 18.0. The van der Waals surface area contributed by atoms with E-state index in [1.807, 2.05) is 6.26 Å². The molecule has 0 aromatic carbocycles. The zero-order valence-electron chi connectivity index (χ0n) is 16.4. The van der Waals surface area contributed by atoms with Gasteiger partial charge in [-0.25, -0.2) is 15.0 Å². The maximum absolute atomic E-state index is 5.16.